The molecule has 1 fully saturated rings. The van der Waals surface area contributed by atoms with Crippen LogP contribution in [0.3, 0.4) is 0 Å². The average molecular weight is 574 g/mol. The molecule has 1 heterocycles. The lowest BCUT2D eigenvalue weighted by Gasteiger charge is -2.15. The number of ether oxygens (including phenoxy) is 2. The van der Waals surface area contributed by atoms with Gasteiger partial charge in [-0.05, 0) is 60.0 Å². The number of carbonyl (C=O) groups is 2. The Labute approximate surface area is 234 Å². The van der Waals surface area contributed by atoms with Gasteiger partial charge in [-0.2, -0.15) is 0 Å². The van der Waals surface area contributed by atoms with Crippen LogP contribution in [0.1, 0.15) is 18.1 Å². The molecule has 1 N–H and O–H groups in total. The van der Waals surface area contributed by atoms with Crippen molar-refractivity contribution in [1.29, 1.82) is 0 Å². The molecule has 0 atom stereocenters. The minimum absolute atomic E-state index is 0.208. The molecule has 0 saturated carbocycles. The SMILES string of the molecule is CCc1ccc(N2C(=O)/C(=C/c3cc(Cl)c(OCC(=O)Nc4ccccc4Cl)c(OC)c3)SC2=S)cc1. The molecule has 0 aliphatic carbocycles. The fourth-order valence-electron chi connectivity index (χ4n) is 3.57. The molecule has 10 heteroatoms. The number of aryl methyl sites for hydroxylation is 1. The number of nitrogens with one attached hydrogen (secondary N) is 1. The van der Waals surface area contributed by atoms with Gasteiger partial charge >= 0.3 is 0 Å². The Balaban J connectivity index is 1.50. The van der Waals surface area contributed by atoms with E-state index in [0.29, 0.717) is 31.2 Å². The second-order valence-corrected chi connectivity index (χ2v) is 10.4. The maximum atomic E-state index is 13.1. The zero-order chi connectivity index (χ0) is 26.5. The van der Waals surface area contributed by atoms with Crippen molar-refractivity contribution in [2.75, 3.05) is 23.9 Å². The maximum absolute atomic E-state index is 13.1. The van der Waals surface area contributed by atoms with E-state index >= 15 is 0 Å². The maximum Gasteiger partial charge on any atom is 0.270 e. The first kappa shape index (κ1) is 27.0. The molecule has 3 aromatic carbocycles. The summed E-state index contributed by atoms with van der Waals surface area (Å²) < 4.78 is 11.5. The fraction of sp³-hybridized carbons (Fsp3) is 0.148. The molecule has 4 rings (SSSR count). The standard InChI is InChI=1S/C27H22Cl2N2O4S2/c1-3-16-8-10-18(11-9-16)31-26(33)23(37-27(31)36)14-17-12-20(29)25(22(13-17)34-2)35-15-24(32)30-21-7-5-4-6-19(21)28/h4-14H,3,15H2,1-2H3,(H,30,32)/b23-14-. The number of hydrogen-bond acceptors (Lipinski definition) is 6. The highest BCUT2D eigenvalue weighted by atomic mass is 35.5. The van der Waals surface area contributed by atoms with Crippen LogP contribution in [0.15, 0.2) is 65.6 Å². The van der Waals surface area contributed by atoms with Gasteiger partial charge in [-0.25, -0.2) is 0 Å². The summed E-state index contributed by atoms with van der Waals surface area (Å²) in [4.78, 5) is 27.5. The predicted molar refractivity (Wildman–Crippen MR) is 155 cm³/mol. The van der Waals surface area contributed by atoms with Gasteiger partial charge in [0.25, 0.3) is 11.8 Å². The van der Waals surface area contributed by atoms with Gasteiger partial charge in [-0.3, -0.25) is 14.5 Å². The quantitative estimate of drug-likeness (QED) is 0.232. The number of hydrogen-bond donors (Lipinski definition) is 1. The van der Waals surface area contributed by atoms with Gasteiger partial charge in [0.2, 0.25) is 0 Å². The highest BCUT2D eigenvalue weighted by Gasteiger charge is 2.33. The van der Waals surface area contributed by atoms with Crippen LogP contribution in [0.2, 0.25) is 10.0 Å². The van der Waals surface area contributed by atoms with E-state index in [-0.39, 0.29) is 23.3 Å². The van der Waals surface area contributed by atoms with E-state index in [0.717, 1.165) is 12.1 Å². The van der Waals surface area contributed by atoms with Gasteiger partial charge < -0.3 is 14.8 Å². The highest BCUT2D eigenvalue weighted by Crippen LogP contribution is 2.40. The number of carbonyl (C=O) groups excluding carboxylic acids is 2. The summed E-state index contributed by atoms with van der Waals surface area (Å²) in [5.74, 6) is -0.106. The zero-order valence-electron chi connectivity index (χ0n) is 19.9. The van der Waals surface area contributed by atoms with Crippen molar-refractivity contribution >= 4 is 80.8 Å². The van der Waals surface area contributed by atoms with E-state index in [1.165, 1.54) is 29.3 Å². The Kier molecular flexibility index (Phi) is 8.76. The molecule has 0 unspecified atom stereocenters. The largest absolute Gasteiger partial charge is 0.493 e. The predicted octanol–water partition coefficient (Wildman–Crippen LogP) is 6.99. The van der Waals surface area contributed by atoms with Crippen LogP contribution in [0.5, 0.6) is 11.5 Å². The van der Waals surface area contributed by atoms with Crippen LogP contribution in [0, 0.1) is 0 Å². The van der Waals surface area contributed by atoms with Gasteiger partial charge in [0, 0.05) is 0 Å². The molecule has 1 saturated heterocycles. The monoisotopic (exact) mass is 572 g/mol. The van der Waals surface area contributed by atoms with E-state index in [9.17, 15) is 9.59 Å². The second kappa shape index (κ2) is 12.0. The Hall–Kier alpha value is -3.04. The molecule has 0 radical (unpaired) electrons. The van der Waals surface area contributed by atoms with E-state index in [2.05, 4.69) is 12.2 Å². The van der Waals surface area contributed by atoms with Crippen LogP contribution in [-0.2, 0) is 16.0 Å². The summed E-state index contributed by atoms with van der Waals surface area (Å²) in [6, 6.07) is 17.9. The number of nitrogens with zero attached hydrogens (tertiary/aromatic N) is 1. The number of para-hydroxylation sites is 1. The normalized spacial score (nSPS) is 14.3. The van der Waals surface area contributed by atoms with Gasteiger partial charge in [-0.1, -0.05) is 78.4 Å². The topological polar surface area (TPSA) is 67.9 Å². The minimum Gasteiger partial charge on any atom is -0.493 e. The molecule has 0 aromatic heterocycles. The lowest BCUT2D eigenvalue weighted by atomic mass is 10.1. The lowest BCUT2D eigenvalue weighted by molar-refractivity contribution is -0.118. The van der Waals surface area contributed by atoms with E-state index in [1.807, 2.05) is 24.3 Å². The Morgan fingerprint density at radius 1 is 1.11 bits per heavy atom. The number of halogens is 2. The molecule has 0 bridgehead atoms. The summed E-state index contributed by atoms with van der Waals surface area (Å²) in [6.45, 7) is 1.76. The number of thiocarbonyl (C=S) groups is 1. The van der Waals surface area contributed by atoms with Gasteiger partial charge in [0.1, 0.15) is 0 Å². The van der Waals surface area contributed by atoms with Crippen molar-refractivity contribution in [2.45, 2.75) is 13.3 Å². The van der Waals surface area contributed by atoms with Crippen LogP contribution in [0.4, 0.5) is 11.4 Å². The minimum atomic E-state index is -0.411. The number of amides is 2. The molecule has 0 spiro atoms. The molecular formula is C27H22Cl2N2O4S2. The zero-order valence-corrected chi connectivity index (χ0v) is 23.1. The molecule has 1 aliphatic heterocycles. The number of rotatable bonds is 8. The Bertz CT molecular complexity index is 1390. The van der Waals surface area contributed by atoms with Crippen molar-refractivity contribution in [3.63, 3.8) is 0 Å². The van der Waals surface area contributed by atoms with Crippen LogP contribution in [0.25, 0.3) is 6.08 Å². The Morgan fingerprint density at radius 3 is 2.51 bits per heavy atom. The van der Waals surface area contributed by atoms with Crippen molar-refractivity contribution in [3.8, 4) is 11.5 Å². The van der Waals surface area contributed by atoms with Crippen molar-refractivity contribution in [2.24, 2.45) is 0 Å². The number of methoxy groups -OCH3 is 1. The van der Waals surface area contributed by atoms with Crippen molar-refractivity contribution in [3.05, 3.63) is 86.7 Å². The highest BCUT2D eigenvalue weighted by molar-refractivity contribution is 8.27. The molecule has 37 heavy (non-hydrogen) atoms. The molecule has 3 aromatic rings. The Morgan fingerprint density at radius 2 is 1.84 bits per heavy atom. The molecule has 1 aliphatic rings. The third kappa shape index (κ3) is 6.27. The van der Waals surface area contributed by atoms with Crippen LogP contribution < -0.4 is 19.7 Å². The van der Waals surface area contributed by atoms with Crippen molar-refractivity contribution < 1.29 is 19.1 Å². The molecule has 190 valence electrons. The third-order valence-corrected chi connectivity index (χ3v) is 7.35. The summed E-state index contributed by atoms with van der Waals surface area (Å²) in [7, 11) is 1.46. The first-order valence-corrected chi connectivity index (χ1v) is 13.2. The van der Waals surface area contributed by atoms with E-state index in [1.54, 1.807) is 42.5 Å². The van der Waals surface area contributed by atoms with Gasteiger partial charge in [-0.15, -0.1) is 0 Å². The van der Waals surface area contributed by atoms with E-state index < -0.39 is 5.91 Å². The summed E-state index contributed by atoms with van der Waals surface area (Å²) in [6.07, 6.45) is 2.61. The number of thioether (sulfide) groups is 1. The first-order valence-electron chi connectivity index (χ1n) is 11.2. The molecular weight excluding hydrogens is 551 g/mol. The third-order valence-electron chi connectivity index (χ3n) is 5.44. The summed E-state index contributed by atoms with van der Waals surface area (Å²) in [5, 5.41) is 3.32. The number of anilines is 2. The summed E-state index contributed by atoms with van der Waals surface area (Å²) in [5.41, 5.74) is 2.99. The smallest absolute Gasteiger partial charge is 0.270 e. The fourth-order valence-corrected chi connectivity index (χ4v) is 5.33. The van der Waals surface area contributed by atoms with E-state index in [4.69, 9.17) is 44.9 Å². The lowest BCUT2D eigenvalue weighted by Crippen LogP contribution is -2.27. The first-order chi connectivity index (χ1) is 17.8. The van der Waals surface area contributed by atoms with Gasteiger partial charge in [0.15, 0.2) is 22.4 Å². The van der Waals surface area contributed by atoms with Crippen molar-refractivity contribution in [1.82, 2.24) is 0 Å². The molecule has 2 amide bonds. The summed E-state index contributed by atoms with van der Waals surface area (Å²) >= 11 is 19.2. The number of benzene rings is 3. The molecule has 6 nitrogen and oxygen atoms in total. The second-order valence-electron chi connectivity index (χ2n) is 7.89. The van der Waals surface area contributed by atoms with Gasteiger partial charge in [0.05, 0.1) is 33.4 Å². The van der Waals surface area contributed by atoms with Crippen LogP contribution >= 0.6 is 47.2 Å². The average Bonchev–Trinajstić information content (AvgIpc) is 3.16. The van der Waals surface area contributed by atoms with Crippen LogP contribution in [-0.4, -0.2) is 29.9 Å².